The van der Waals surface area contributed by atoms with Crippen LogP contribution in [0.2, 0.25) is 5.02 Å². The lowest BCUT2D eigenvalue weighted by Crippen LogP contribution is -2.41. The van der Waals surface area contributed by atoms with Gasteiger partial charge in [-0.2, -0.15) is 0 Å². The van der Waals surface area contributed by atoms with E-state index in [1.54, 1.807) is 36.4 Å². The average Bonchev–Trinajstić information content (AvgIpc) is 2.93. The molecule has 4 aromatic rings. The molecule has 0 atom stereocenters. The number of rotatable bonds is 11. The first kappa shape index (κ1) is 27.9. The number of nitrogens with one attached hydrogen (secondary N) is 2. The predicted molar refractivity (Wildman–Crippen MR) is 154 cm³/mol. The van der Waals surface area contributed by atoms with Crippen LogP contribution in [0.1, 0.15) is 30.4 Å². The maximum Gasteiger partial charge on any atom is 0.331 e. The summed E-state index contributed by atoms with van der Waals surface area (Å²) >= 11 is 5.89. The van der Waals surface area contributed by atoms with Gasteiger partial charge in [-0.25, -0.2) is 4.79 Å². The van der Waals surface area contributed by atoms with Crippen LogP contribution in [0.3, 0.4) is 0 Å². The lowest BCUT2D eigenvalue weighted by molar-refractivity contribution is -0.121. The molecular formula is C30H31ClN4O4. The highest BCUT2D eigenvalue weighted by atomic mass is 35.5. The van der Waals surface area contributed by atoms with Crippen molar-refractivity contribution in [1.82, 2.24) is 14.5 Å². The van der Waals surface area contributed by atoms with Crippen LogP contribution in [-0.2, 0) is 29.1 Å². The highest BCUT2D eigenvalue weighted by Gasteiger charge is 2.15. The zero-order valence-corrected chi connectivity index (χ0v) is 22.5. The van der Waals surface area contributed by atoms with Crippen LogP contribution in [0, 0.1) is 6.92 Å². The molecule has 2 N–H and O–H groups in total. The van der Waals surface area contributed by atoms with Crippen LogP contribution >= 0.6 is 11.6 Å². The van der Waals surface area contributed by atoms with E-state index in [2.05, 4.69) is 10.6 Å². The minimum atomic E-state index is -0.551. The molecule has 0 saturated heterocycles. The fourth-order valence-corrected chi connectivity index (χ4v) is 4.47. The molecule has 9 heteroatoms. The van der Waals surface area contributed by atoms with Gasteiger partial charge in [0.2, 0.25) is 11.8 Å². The SMILES string of the molecule is Cc1ccc(NC(=O)Cn2c(=O)n(CCCCC(=O)NCCc3ccc(Cl)cc3)c(=O)c3ccccc32)cc1. The molecule has 0 radical (unpaired) electrons. The summed E-state index contributed by atoms with van der Waals surface area (Å²) in [6.45, 7) is 2.39. The van der Waals surface area contributed by atoms with E-state index in [0.29, 0.717) is 47.4 Å². The molecule has 202 valence electrons. The van der Waals surface area contributed by atoms with Crippen molar-refractivity contribution in [2.24, 2.45) is 0 Å². The van der Waals surface area contributed by atoms with Gasteiger partial charge in [0, 0.05) is 30.2 Å². The van der Waals surface area contributed by atoms with Crippen molar-refractivity contribution in [2.45, 2.75) is 45.7 Å². The molecular weight excluding hydrogens is 516 g/mol. The third-order valence-electron chi connectivity index (χ3n) is 6.45. The molecule has 1 heterocycles. The van der Waals surface area contributed by atoms with Gasteiger partial charge < -0.3 is 10.6 Å². The molecule has 39 heavy (non-hydrogen) atoms. The first-order chi connectivity index (χ1) is 18.8. The number of aryl methyl sites for hydroxylation is 1. The van der Waals surface area contributed by atoms with Gasteiger partial charge in [0.05, 0.1) is 10.9 Å². The molecule has 2 amide bonds. The zero-order valence-electron chi connectivity index (χ0n) is 21.8. The monoisotopic (exact) mass is 546 g/mol. The van der Waals surface area contributed by atoms with Gasteiger partial charge >= 0.3 is 5.69 Å². The number of benzene rings is 3. The summed E-state index contributed by atoms with van der Waals surface area (Å²) in [7, 11) is 0. The van der Waals surface area contributed by atoms with Gasteiger partial charge in [0.15, 0.2) is 0 Å². The molecule has 1 aromatic heterocycles. The van der Waals surface area contributed by atoms with Crippen LogP contribution in [-0.4, -0.2) is 27.5 Å². The number of unbranched alkanes of at least 4 members (excludes halogenated alkanes) is 1. The molecule has 0 aliphatic carbocycles. The first-order valence-corrected chi connectivity index (χ1v) is 13.3. The molecule has 8 nitrogen and oxygen atoms in total. The van der Waals surface area contributed by atoms with E-state index in [1.807, 2.05) is 43.3 Å². The summed E-state index contributed by atoms with van der Waals surface area (Å²) in [6.07, 6.45) is 1.97. The summed E-state index contributed by atoms with van der Waals surface area (Å²) in [4.78, 5) is 51.4. The van der Waals surface area contributed by atoms with E-state index in [9.17, 15) is 19.2 Å². The number of aromatic nitrogens is 2. The van der Waals surface area contributed by atoms with Gasteiger partial charge in [0.25, 0.3) is 5.56 Å². The minimum absolute atomic E-state index is 0.0833. The van der Waals surface area contributed by atoms with Crippen LogP contribution in [0.25, 0.3) is 10.9 Å². The number of fused-ring (bicyclic) bond motifs is 1. The van der Waals surface area contributed by atoms with Crippen molar-refractivity contribution in [3.8, 4) is 0 Å². The molecule has 0 saturated carbocycles. The average molecular weight is 547 g/mol. The standard InChI is InChI=1S/C30H31ClN4O4/c1-21-9-15-24(16-10-21)33-28(37)20-35-26-7-3-2-6-25(26)29(38)34(30(35)39)19-5-4-8-27(36)32-18-17-22-11-13-23(31)14-12-22/h2-3,6-7,9-16H,4-5,8,17-20H2,1H3,(H,32,36)(H,33,37). The third-order valence-corrected chi connectivity index (χ3v) is 6.71. The number of carbonyl (C=O) groups is 2. The smallest absolute Gasteiger partial charge is 0.331 e. The Kier molecular flexibility index (Phi) is 9.33. The summed E-state index contributed by atoms with van der Waals surface area (Å²) in [5.74, 6) is -0.452. The van der Waals surface area contributed by atoms with E-state index in [4.69, 9.17) is 11.6 Å². The second kappa shape index (κ2) is 13.1. The Hall–Kier alpha value is -4.17. The highest BCUT2D eigenvalue weighted by molar-refractivity contribution is 6.30. The predicted octanol–water partition coefficient (Wildman–Crippen LogP) is 4.29. The highest BCUT2D eigenvalue weighted by Crippen LogP contribution is 2.12. The van der Waals surface area contributed by atoms with Crippen LogP contribution in [0.5, 0.6) is 0 Å². The zero-order chi connectivity index (χ0) is 27.8. The van der Waals surface area contributed by atoms with Crippen molar-refractivity contribution in [2.75, 3.05) is 11.9 Å². The Morgan fingerprint density at radius 3 is 2.31 bits per heavy atom. The fourth-order valence-electron chi connectivity index (χ4n) is 4.34. The topological polar surface area (TPSA) is 102 Å². The van der Waals surface area contributed by atoms with Gasteiger partial charge in [-0.05, 0) is 68.1 Å². The maximum absolute atomic E-state index is 13.3. The number of anilines is 1. The van der Waals surface area contributed by atoms with Crippen molar-refractivity contribution in [3.05, 3.63) is 110 Å². The van der Waals surface area contributed by atoms with Gasteiger partial charge in [-0.15, -0.1) is 0 Å². The fraction of sp³-hybridized carbons (Fsp3) is 0.267. The van der Waals surface area contributed by atoms with E-state index >= 15 is 0 Å². The molecule has 0 aliphatic heterocycles. The number of para-hydroxylation sites is 1. The summed E-state index contributed by atoms with van der Waals surface area (Å²) < 4.78 is 2.48. The molecule has 3 aromatic carbocycles. The maximum atomic E-state index is 13.3. The van der Waals surface area contributed by atoms with Crippen LogP contribution in [0.15, 0.2) is 82.4 Å². The largest absolute Gasteiger partial charge is 0.356 e. The lowest BCUT2D eigenvalue weighted by Gasteiger charge is -2.14. The Balaban J connectivity index is 1.37. The van der Waals surface area contributed by atoms with Crippen molar-refractivity contribution in [1.29, 1.82) is 0 Å². The van der Waals surface area contributed by atoms with E-state index < -0.39 is 11.2 Å². The number of halogens is 1. The summed E-state index contributed by atoms with van der Waals surface area (Å²) in [5.41, 5.74) is 2.23. The van der Waals surface area contributed by atoms with E-state index in [1.165, 1.54) is 4.57 Å². The number of carbonyl (C=O) groups excluding carboxylic acids is 2. The number of amides is 2. The first-order valence-electron chi connectivity index (χ1n) is 12.9. The van der Waals surface area contributed by atoms with Gasteiger partial charge in [-0.1, -0.05) is 53.6 Å². The number of nitrogens with zero attached hydrogens (tertiary/aromatic N) is 2. The lowest BCUT2D eigenvalue weighted by atomic mass is 10.1. The second-order valence-corrected chi connectivity index (χ2v) is 9.88. The van der Waals surface area contributed by atoms with Crippen LogP contribution < -0.4 is 21.9 Å². The molecule has 0 fully saturated rings. The van der Waals surface area contributed by atoms with E-state index in [-0.39, 0.29) is 31.3 Å². The molecule has 4 rings (SSSR count). The van der Waals surface area contributed by atoms with Crippen molar-refractivity contribution < 1.29 is 9.59 Å². The van der Waals surface area contributed by atoms with Crippen molar-refractivity contribution in [3.63, 3.8) is 0 Å². The molecule has 0 bridgehead atoms. The normalized spacial score (nSPS) is 10.9. The van der Waals surface area contributed by atoms with E-state index in [0.717, 1.165) is 15.7 Å². The Morgan fingerprint density at radius 2 is 1.56 bits per heavy atom. The Labute approximate surface area is 231 Å². The third kappa shape index (κ3) is 7.45. The molecule has 0 aliphatic rings. The van der Waals surface area contributed by atoms with Gasteiger partial charge in [0.1, 0.15) is 6.54 Å². The number of hydrogen-bond donors (Lipinski definition) is 2. The van der Waals surface area contributed by atoms with Crippen LogP contribution in [0.4, 0.5) is 5.69 Å². The second-order valence-electron chi connectivity index (χ2n) is 9.44. The molecule has 0 spiro atoms. The Morgan fingerprint density at radius 1 is 0.846 bits per heavy atom. The van der Waals surface area contributed by atoms with Gasteiger partial charge in [-0.3, -0.25) is 23.5 Å². The summed E-state index contributed by atoms with van der Waals surface area (Å²) in [6, 6.07) is 21.6. The Bertz CT molecular complexity index is 1570. The quantitative estimate of drug-likeness (QED) is 0.274. The van der Waals surface area contributed by atoms with Crippen molar-refractivity contribution >= 4 is 40.0 Å². The molecule has 0 unspecified atom stereocenters. The summed E-state index contributed by atoms with van der Waals surface area (Å²) in [5, 5.41) is 6.73. The minimum Gasteiger partial charge on any atom is -0.356 e. The number of hydrogen-bond acceptors (Lipinski definition) is 4.